The number of aliphatic carboxylic acids is 1. The zero-order chi connectivity index (χ0) is 39.7. The number of hydrogen-bond donors (Lipinski definition) is 7. The van der Waals surface area contributed by atoms with E-state index in [0.29, 0.717) is 43.6 Å². The molecule has 17 nitrogen and oxygen atoms in total. The standard InChI is InChI=1S/C36H55N7O10/c1-22(2)30(42-28(45)9-6-10-29(46)43-18-15-24(16-19-43)33(49)50)32(48)41-26(8-7-17-38-34(37)51)31(47)40-25-13-11-23(12-14-25)21-53-35(52)39-20-27(44)36(3,4)5/h11-14,22,24,26,30H,6-10,15-21H2,1-5H3,(H,39,52)(H,40,47)(H,41,48)(H,42,45)(H,49,50)(H3,37,38,51)/t26-,30?/m0/s1. The average molecular weight is 746 g/mol. The molecule has 1 heterocycles. The fourth-order valence-electron chi connectivity index (χ4n) is 5.29. The number of benzene rings is 1. The van der Waals surface area contributed by atoms with Gasteiger partial charge in [0, 0.05) is 43.6 Å². The van der Waals surface area contributed by atoms with Crippen molar-refractivity contribution in [3.63, 3.8) is 0 Å². The van der Waals surface area contributed by atoms with Crippen molar-refractivity contribution in [1.29, 1.82) is 0 Å². The van der Waals surface area contributed by atoms with Crippen molar-refractivity contribution in [3.05, 3.63) is 29.8 Å². The number of ketones is 1. The molecule has 1 aliphatic rings. The molecule has 53 heavy (non-hydrogen) atoms. The minimum atomic E-state index is -1.05. The van der Waals surface area contributed by atoms with Crippen LogP contribution >= 0.6 is 0 Å². The van der Waals surface area contributed by atoms with Crippen LogP contribution in [0, 0.1) is 17.3 Å². The van der Waals surface area contributed by atoms with E-state index in [-0.39, 0.29) is 63.0 Å². The summed E-state index contributed by atoms with van der Waals surface area (Å²) in [6.45, 7) is 9.34. The summed E-state index contributed by atoms with van der Waals surface area (Å²) in [6, 6.07) is 3.66. The van der Waals surface area contributed by atoms with Gasteiger partial charge in [-0.05, 0) is 55.7 Å². The summed E-state index contributed by atoms with van der Waals surface area (Å²) in [6.07, 6.45) is 0.781. The monoisotopic (exact) mass is 745 g/mol. The van der Waals surface area contributed by atoms with E-state index in [1.54, 1.807) is 63.8 Å². The highest BCUT2D eigenvalue weighted by atomic mass is 16.5. The molecule has 0 aromatic heterocycles. The highest BCUT2D eigenvalue weighted by Gasteiger charge is 2.30. The van der Waals surface area contributed by atoms with Gasteiger partial charge in [-0.25, -0.2) is 9.59 Å². The molecule has 0 bridgehead atoms. The molecule has 1 aromatic rings. The van der Waals surface area contributed by atoms with Gasteiger partial charge < -0.3 is 47.1 Å². The maximum Gasteiger partial charge on any atom is 0.407 e. The predicted molar refractivity (Wildman–Crippen MR) is 194 cm³/mol. The van der Waals surface area contributed by atoms with Crippen LogP contribution in [0.1, 0.15) is 85.1 Å². The van der Waals surface area contributed by atoms with Crippen LogP contribution in [0.5, 0.6) is 0 Å². The number of nitrogens with one attached hydrogen (secondary N) is 5. The normalized spacial score (nSPS) is 14.3. The first kappa shape index (κ1) is 43.9. The molecule has 2 rings (SSSR count). The van der Waals surface area contributed by atoms with Gasteiger partial charge in [-0.1, -0.05) is 46.8 Å². The first-order valence-corrected chi connectivity index (χ1v) is 17.8. The van der Waals surface area contributed by atoms with E-state index in [9.17, 15) is 38.4 Å². The van der Waals surface area contributed by atoms with E-state index in [1.165, 1.54) is 0 Å². The number of anilines is 1. The number of likely N-dealkylation sites (tertiary alicyclic amines) is 1. The molecule has 0 spiro atoms. The summed E-state index contributed by atoms with van der Waals surface area (Å²) in [5, 5.41) is 22.2. The van der Waals surface area contributed by atoms with Gasteiger partial charge in [0.15, 0.2) is 5.78 Å². The second-order valence-corrected chi connectivity index (χ2v) is 14.4. The van der Waals surface area contributed by atoms with Crippen molar-refractivity contribution in [2.75, 3.05) is 31.5 Å². The molecule has 8 N–H and O–H groups in total. The lowest BCUT2D eigenvalue weighted by Crippen LogP contribution is -2.54. The lowest BCUT2D eigenvalue weighted by Gasteiger charge is -2.30. The molecule has 1 aliphatic heterocycles. The molecule has 0 aliphatic carbocycles. The molecule has 17 heteroatoms. The molecular formula is C36H55N7O10. The van der Waals surface area contributed by atoms with Gasteiger partial charge in [-0.2, -0.15) is 0 Å². The van der Waals surface area contributed by atoms with E-state index in [0.717, 1.165) is 0 Å². The van der Waals surface area contributed by atoms with Gasteiger partial charge >= 0.3 is 18.1 Å². The summed E-state index contributed by atoms with van der Waals surface area (Å²) >= 11 is 0. The molecule has 1 unspecified atom stereocenters. The summed E-state index contributed by atoms with van der Waals surface area (Å²) in [5.41, 5.74) is 5.55. The molecule has 1 fully saturated rings. The Labute approximate surface area is 309 Å². The van der Waals surface area contributed by atoms with Crippen molar-refractivity contribution < 1.29 is 48.2 Å². The third-order valence-corrected chi connectivity index (χ3v) is 8.68. The fraction of sp³-hybridized carbons (Fsp3) is 0.611. The average Bonchev–Trinajstić information content (AvgIpc) is 3.09. The minimum Gasteiger partial charge on any atom is -0.481 e. The number of hydrogen-bond acceptors (Lipinski definition) is 9. The maximum atomic E-state index is 13.4. The molecule has 0 saturated carbocycles. The summed E-state index contributed by atoms with van der Waals surface area (Å²) in [5.74, 6) is -3.57. The Bertz CT molecular complexity index is 1450. The second kappa shape index (κ2) is 21.3. The largest absolute Gasteiger partial charge is 0.481 e. The minimum absolute atomic E-state index is 0.0148. The van der Waals surface area contributed by atoms with Crippen LogP contribution < -0.4 is 32.3 Å². The number of piperidine rings is 1. The zero-order valence-electron chi connectivity index (χ0n) is 31.3. The molecule has 294 valence electrons. The first-order valence-electron chi connectivity index (χ1n) is 17.8. The molecule has 7 amide bonds. The topological polar surface area (TPSA) is 255 Å². The Morgan fingerprint density at radius 2 is 1.55 bits per heavy atom. The quantitative estimate of drug-likeness (QED) is 0.101. The third kappa shape index (κ3) is 16.3. The Balaban J connectivity index is 1.95. The number of rotatable bonds is 19. The molecular weight excluding hydrogens is 690 g/mol. The Morgan fingerprint density at radius 3 is 2.11 bits per heavy atom. The van der Waals surface area contributed by atoms with E-state index < -0.39 is 59.2 Å². The van der Waals surface area contributed by atoms with E-state index in [2.05, 4.69) is 26.6 Å². The molecule has 2 atom stereocenters. The van der Waals surface area contributed by atoms with Crippen LogP contribution in [0.25, 0.3) is 0 Å². The van der Waals surface area contributed by atoms with Crippen molar-refractivity contribution in [2.24, 2.45) is 23.0 Å². The number of Topliss-reactive ketones (excluding diaryl/α,β-unsaturated/α-hetero) is 1. The van der Waals surface area contributed by atoms with Crippen molar-refractivity contribution in [3.8, 4) is 0 Å². The number of amides is 7. The second-order valence-electron chi connectivity index (χ2n) is 14.4. The van der Waals surface area contributed by atoms with Crippen molar-refractivity contribution in [2.45, 2.75) is 98.3 Å². The van der Waals surface area contributed by atoms with Crippen LogP contribution in [-0.2, 0) is 40.1 Å². The molecule has 0 radical (unpaired) electrons. The van der Waals surface area contributed by atoms with Crippen LogP contribution in [0.4, 0.5) is 15.3 Å². The maximum absolute atomic E-state index is 13.4. The number of primary amides is 1. The lowest BCUT2D eigenvalue weighted by molar-refractivity contribution is -0.145. The Hall–Kier alpha value is -5.22. The van der Waals surface area contributed by atoms with Gasteiger partial charge in [0.25, 0.3) is 0 Å². The Kier molecular flexibility index (Phi) is 17.7. The van der Waals surface area contributed by atoms with E-state index in [1.807, 2.05) is 0 Å². The number of ether oxygens (including phenoxy) is 1. The number of urea groups is 1. The van der Waals surface area contributed by atoms with Gasteiger partial charge in [0.1, 0.15) is 18.7 Å². The smallest absolute Gasteiger partial charge is 0.407 e. The number of carboxylic acid groups (broad SMARTS) is 1. The predicted octanol–water partition coefficient (Wildman–Crippen LogP) is 2.03. The first-order chi connectivity index (χ1) is 24.9. The Morgan fingerprint density at radius 1 is 0.906 bits per heavy atom. The lowest BCUT2D eigenvalue weighted by atomic mass is 9.91. The number of nitrogens with zero attached hydrogens (tertiary/aromatic N) is 1. The van der Waals surface area contributed by atoms with Crippen molar-refractivity contribution >= 4 is 53.2 Å². The van der Waals surface area contributed by atoms with Crippen LogP contribution in [-0.4, -0.2) is 95.8 Å². The summed E-state index contributed by atoms with van der Waals surface area (Å²) in [4.78, 5) is 100. The van der Waals surface area contributed by atoms with E-state index in [4.69, 9.17) is 15.6 Å². The number of carboxylic acids is 1. The SMILES string of the molecule is CC(C)C(NC(=O)CCCC(=O)N1CCC(C(=O)O)CC1)C(=O)N[C@@H](CCCNC(N)=O)C(=O)Nc1ccc(COC(=O)NCC(=O)C(C)(C)C)cc1. The van der Waals surface area contributed by atoms with Gasteiger partial charge in [-0.3, -0.25) is 28.8 Å². The van der Waals surface area contributed by atoms with Crippen LogP contribution in [0.15, 0.2) is 24.3 Å². The molecule has 1 saturated heterocycles. The van der Waals surface area contributed by atoms with E-state index >= 15 is 0 Å². The number of alkyl carbamates (subject to hydrolysis) is 1. The highest BCUT2D eigenvalue weighted by Crippen LogP contribution is 2.19. The third-order valence-electron chi connectivity index (χ3n) is 8.68. The highest BCUT2D eigenvalue weighted by molar-refractivity contribution is 5.98. The molecule has 1 aromatic carbocycles. The zero-order valence-corrected chi connectivity index (χ0v) is 31.3. The summed E-state index contributed by atoms with van der Waals surface area (Å²) < 4.78 is 5.16. The van der Waals surface area contributed by atoms with Gasteiger partial charge in [0.05, 0.1) is 12.5 Å². The summed E-state index contributed by atoms with van der Waals surface area (Å²) in [7, 11) is 0. The fourth-order valence-corrected chi connectivity index (χ4v) is 5.29. The van der Waals surface area contributed by atoms with Crippen LogP contribution in [0.3, 0.4) is 0 Å². The van der Waals surface area contributed by atoms with Crippen LogP contribution in [0.2, 0.25) is 0 Å². The number of carbonyl (C=O) groups excluding carboxylic acids is 7. The van der Waals surface area contributed by atoms with Gasteiger partial charge in [-0.15, -0.1) is 0 Å². The van der Waals surface area contributed by atoms with Crippen molar-refractivity contribution in [1.82, 2.24) is 26.2 Å². The number of carbonyl (C=O) groups is 8. The van der Waals surface area contributed by atoms with Gasteiger partial charge in [0.2, 0.25) is 23.6 Å². The number of nitrogens with two attached hydrogens (primary N) is 1.